The summed E-state index contributed by atoms with van der Waals surface area (Å²) in [7, 11) is 0. The molecule has 1 fully saturated rings. The Bertz CT molecular complexity index is 834. The maximum atomic E-state index is 13.1. The predicted molar refractivity (Wildman–Crippen MR) is 101 cm³/mol. The zero-order valence-electron chi connectivity index (χ0n) is 16.3. The maximum Gasteiger partial charge on any atom is 0.316 e. The van der Waals surface area contributed by atoms with Crippen LogP contribution in [0.5, 0.6) is 0 Å². The number of nitrogens with zero attached hydrogens (tertiary/aromatic N) is 3. The van der Waals surface area contributed by atoms with Gasteiger partial charge in [0.1, 0.15) is 11.9 Å². The topological polar surface area (TPSA) is 88.3 Å². The number of halogens is 1. The summed E-state index contributed by atoms with van der Waals surface area (Å²) in [4.78, 5) is 31.4. The molecule has 0 radical (unpaired) electrons. The Morgan fingerprint density at radius 1 is 1.36 bits per heavy atom. The third-order valence-electron chi connectivity index (χ3n) is 4.75. The van der Waals surface area contributed by atoms with Gasteiger partial charge in [-0.3, -0.25) is 9.59 Å². The number of aromatic nitrogens is 2. The average molecular weight is 388 g/mol. The van der Waals surface area contributed by atoms with E-state index >= 15 is 0 Å². The second kappa shape index (κ2) is 8.50. The molecule has 150 valence electrons. The molecule has 3 rings (SSSR count). The molecule has 0 bridgehead atoms. The summed E-state index contributed by atoms with van der Waals surface area (Å²) in [5, 5.41) is 6.85. The molecule has 0 saturated carbocycles. The number of carbonyl (C=O) groups is 2. The van der Waals surface area contributed by atoms with Crippen molar-refractivity contribution in [2.45, 2.75) is 52.1 Å². The van der Waals surface area contributed by atoms with E-state index in [1.54, 1.807) is 4.90 Å². The van der Waals surface area contributed by atoms with Gasteiger partial charge in [-0.1, -0.05) is 32.3 Å². The van der Waals surface area contributed by atoms with E-state index in [1.165, 1.54) is 24.3 Å². The smallest absolute Gasteiger partial charge is 0.316 e. The molecule has 2 amide bonds. The molecule has 2 unspecified atom stereocenters. The molecule has 8 heteroatoms. The highest BCUT2D eigenvalue weighted by Gasteiger charge is 2.39. The number of piperazine rings is 1. The SMILES string of the molecule is CCCC1CN(C(=O)c2nc(-c3ccc(F)cc3)no2)C(CC(C)C)C(=O)N1. The quantitative estimate of drug-likeness (QED) is 0.822. The minimum atomic E-state index is -0.568. The molecule has 2 aromatic rings. The summed E-state index contributed by atoms with van der Waals surface area (Å²) in [5.74, 6) is -0.701. The lowest BCUT2D eigenvalue weighted by Crippen LogP contribution is -2.61. The molecule has 2 atom stereocenters. The lowest BCUT2D eigenvalue weighted by atomic mass is 9.97. The van der Waals surface area contributed by atoms with Gasteiger partial charge in [0.2, 0.25) is 11.7 Å². The Balaban J connectivity index is 1.84. The van der Waals surface area contributed by atoms with Crippen LogP contribution in [0.15, 0.2) is 28.8 Å². The van der Waals surface area contributed by atoms with Gasteiger partial charge in [0.15, 0.2) is 0 Å². The van der Waals surface area contributed by atoms with E-state index in [0.29, 0.717) is 18.5 Å². The van der Waals surface area contributed by atoms with Gasteiger partial charge in [-0.05, 0) is 43.0 Å². The van der Waals surface area contributed by atoms with E-state index in [0.717, 1.165) is 12.8 Å². The van der Waals surface area contributed by atoms with Crippen LogP contribution in [-0.4, -0.2) is 45.5 Å². The second-order valence-electron chi connectivity index (χ2n) is 7.53. The number of carbonyl (C=O) groups excluding carboxylic acids is 2. The van der Waals surface area contributed by atoms with Gasteiger partial charge in [-0.15, -0.1) is 0 Å². The fourth-order valence-electron chi connectivity index (χ4n) is 3.42. The van der Waals surface area contributed by atoms with Crippen LogP contribution in [0.2, 0.25) is 0 Å². The van der Waals surface area contributed by atoms with Crippen LogP contribution in [0.3, 0.4) is 0 Å². The first-order valence-corrected chi connectivity index (χ1v) is 9.60. The van der Waals surface area contributed by atoms with Crippen LogP contribution in [0.25, 0.3) is 11.4 Å². The maximum absolute atomic E-state index is 13.1. The van der Waals surface area contributed by atoms with Crippen molar-refractivity contribution in [3.63, 3.8) is 0 Å². The van der Waals surface area contributed by atoms with Crippen molar-refractivity contribution < 1.29 is 18.5 Å². The first-order chi connectivity index (χ1) is 13.4. The first kappa shape index (κ1) is 20.0. The van der Waals surface area contributed by atoms with E-state index in [9.17, 15) is 14.0 Å². The molecular weight excluding hydrogens is 363 g/mol. The molecule has 7 nitrogen and oxygen atoms in total. The fourth-order valence-corrected chi connectivity index (χ4v) is 3.42. The van der Waals surface area contributed by atoms with E-state index in [4.69, 9.17) is 4.52 Å². The minimum absolute atomic E-state index is 0.0932. The van der Waals surface area contributed by atoms with E-state index in [-0.39, 0.29) is 35.4 Å². The van der Waals surface area contributed by atoms with E-state index in [2.05, 4.69) is 15.5 Å². The van der Waals surface area contributed by atoms with Gasteiger partial charge in [-0.2, -0.15) is 4.98 Å². The standard InChI is InChI=1S/C20H25FN4O3/c1-4-5-15-11-25(16(10-12(2)3)18(26)22-15)20(27)19-23-17(24-28-19)13-6-8-14(21)9-7-13/h6-9,12,15-16H,4-5,10-11H2,1-3H3,(H,22,26). The van der Waals surface area contributed by atoms with Crippen LogP contribution < -0.4 is 5.32 Å². The van der Waals surface area contributed by atoms with Crippen LogP contribution in [-0.2, 0) is 4.79 Å². The second-order valence-corrected chi connectivity index (χ2v) is 7.53. The molecule has 1 aromatic heterocycles. The summed E-state index contributed by atoms with van der Waals surface area (Å²) < 4.78 is 18.3. The molecule has 1 aliphatic heterocycles. The summed E-state index contributed by atoms with van der Waals surface area (Å²) in [6.07, 6.45) is 2.24. The monoisotopic (exact) mass is 388 g/mol. The van der Waals surface area contributed by atoms with Gasteiger partial charge in [0, 0.05) is 18.2 Å². The molecule has 2 heterocycles. The molecule has 1 aromatic carbocycles. The predicted octanol–water partition coefficient (Wildman–Crippen LogP) is 3.03. The highest BCUT2D eigenvalue weighted by atomic mass is 19.1. The molecule has 28 heavy (non-hydrogen) atoms. The van der Waals surface area contributed by atoms with Gasteiger partial charge < -0.3 is 14.7 Å². The van der Waals surface area contributed by atoms with Crippen molar-refractivity contribution in [2.75, 3.05) is 6.54 Å². The lowest BCUT2D eigenvalue weighted by Gasteiger charge is -2.39. The Kier molecular flexibility index (Phi) is 6.06. The first-order valence-electron chi connectivity index (χ1n) is 9.60. The van der Waals surface area contributed by atoms with Gasteiger partial charge in [-0.25, -0.2) is 4.39 Å². The number of nitrogens with one attached hydrogen (secondary N) is 1. The number of hydrogen-bond donors (Lipinski definition) is 1. The normalized spacial score (nSPS) is 19.8. The number of amides is 2. The third kappa shape index (κ3) is 4.37. The van der Waals surface area contributed by atoms with Crippen molar-refractivity contribution in [1.29, 1.82) is 0 Å². The Labute approximate surface area is 163 Å². The average Bonchev–Trinajstić information content (AvgIpc) is 3.14. The summed E-state index contributed by atoms with van der Waals surface area (Å²) in [5.41, 5.74) is 0.545. The van der Waals surface area contributed by atoms with Crippen LogP contribution in [0.4, 0.5) is 4.39 Å². The Hall–Kier alpha value is -2.77. The van der Waals surface area contributed by atoms with Crippen molar-refractivity contribution in [3.05, 3.63) is 36.0 Å². The Morgan fingerprint density at radius 2 is 2.07 bits per heavy atom. The zero-order valence-corrected chi connectivity index (χ0v) is 16.3. The van der Waals surface area contributed by atoms with Gasteiger partial charge in [0.05, 0.1) is 0 Å². The molecule has 1 saturated heterocycles. The van der Waals surface area contributed by atoms with Crippen LogP contribution >= 0.6 is 0 Å². The number of rotatable bonds is 6. The third-order valence-corrected chi connectivity index (χ3v) is 4.75. The van der Waals surface area contributed by atoms with Crippen molar-refractivity contribution >= 4 is 11.8 Å². The molecule has 0 aliphatic carbocycles. The fraction of sp³-hybridized carbons (Fsp3) is 0.500. The number of hydrogen-bond acceptors (Lipinski definition) is 5. The van der Waals surface area contributed by atoms with E-state index in [1.807, 2.05) is 20.8 Å². The van der Waals surface area contributed by atoms with Crippen LogP contribution in [0, 0.1) is 11.7 Å². The van der Waals surface area contributed by atoms with Crippen LogP contribution in [0.1, 0.15) is 50.7 Å². The molecule has 1 N–H and O–H groups in total. The molecule has 1 aliphatic rings. The Morgan fingerprint density at radius 3 is 2.71 bits per heavy atom. The highest BCUT2D eigenvalue weighted by molar-refractivity contribution is 5.95. The van der Waals surface area contributed by atoms with Crippen molar-refractivity contribution in [3.8, 4) is 11.4 Å². The zero-order chi connectivity index (χ0) is 20.3. The summed E-state index contributed by atoms with van der Waals surface area (Å²) in [6.45, 7) is 6.45. The highest BCUT2D eigenvalue weighted by Crippen LogP contribution is 2.22. The van der Waals surface area contributed by atoms with E-state index < -0.39 is 11.9 Å². The molecular formula is C20H25FN4O3. The summed E-state index contributed by atoms with van der Waals surface area (Å²) in [6, 6.07) is 4.95. The van der Waals surface area contributed by atoms with Gasteiger partial charge >= 0.3 is 11.8 Å². The molecule has 0 spiro atoms. The largest absolute Gasteiger partial charge is 0.350 e. The van der Waals surface area contributed by atoms with Crippen molar-refractivity contribution in [2.24, 2.45) is 5.92 Å². The van der Waals surface area contributed by atoms with Crippen molar-refractivity contribution in [1.82, 2.24) is 20.4 Å². The van der Waals surface area contributed by atoms with Gasteiger partial charge in [0.25, 0.3) is 0 Å². The minimum Gasteiger partial charge on any atom is -0.350 e. The lowest BCUT2D eigenvalue weighted by molar-refractivity contribution is -0.130. The number of benzene rings is 1. The summed E-state index contributed by atoms with van der Waals surface area (Å²) >= 11 is 0.